The van der Waals surface area contributed by atoms with Gasteiger partial charge in [0.25, 0.3) is 0 Å². The number of hydrogen-bond acceptors (Lipinski definition) is 2. The zero-order valence-electron chi connectivity index (χ0n) is 9.87. The van der Waals surface area contributed by atoms with E-state index in [-0.39, 0.29) is 0 Å². The summed E-state index contributed by atoms with van der Waals surface area (Å²) < 4.78 is 0. The SMILES string of the molecule is CNC(C)C.Cc1cccc(NC=O)c1. The van der Waals surface area contributed by atoms with E-state index in [0.29, 0.717) is 12.5 Å². The van der Waals surface area contributed by atoms with Crippen molar-refractivity contribution < 1.29 is 4.79 Å². The summed E-state index contributed by atoms with van der Waals surface area (Å²) in [5, 5.41) is 5.60. The van der Waals surface area contributed by atoms with E-state index in [1.54, 1.807) is 0 Å². The van der Waals surface area contributed by atoms with Crippen LogP contribution in [0.1, 0.15) is 19.4 Å². The predicted octanol–water partition coefficient (Wildman–Crippen LogP) is 2.18. The first-order valence-electron chi connectivity index (χ1n) is 5.04. The first-order valence-corrected chi connectivity index (χ1v) is 5.04. The molecular formula is C12H20N2O. The number of anilines is 1. The lowest BCUT2D eigenvalue weighted by Crippen LogP contribution is -2.15. The van der Waals surface area contributed by atoms with Crippen LogP contribution in [0, 0.1) is 6.92 Å². The van der Waals surface area contributed by atoms with Crippen molar-refractivity contribution in [2.24, 2.45) is 0 Å². The average molecular weight is 208 g/mol. The van der Waals surface area contributed by atoms with E-state index in [4.69, 9.17) is 0 Å². The second kappa shape index (κ2) is 8.00. The molecule has 0 aliphatic rings. The Morgan fingerprint density at radius 3 is 2.33 bits per heavy atom. The van der Waals surface area contributed by atoms with Gasteiger partial charge in [-0.2, -0.15) is 0 Å². The molecular weight excluding hydrogens is 188 g/mol. The van der Waals surface area contributed by atoms with Crippen LogP contribution in [-0.2, 0) is 4.79 Å². The molecule has 1 amide bonds. The molecule has 0 bridgehead atoms. The Morgan fingerprint density at radius 2 is 1.93 bits per heavy atom. The summed E-state index contributed by atoms with van der Waals surface area (Å²) in [5.74, 6) is 0. The minimum Gasteiger partial charge on any atom is -0.329 e. The summed E-state index contributed by atoms with van der Waals surface area (Å²) in [5.41, 5.74) is 1.99. The molecule has 0 spiro atoms. The average Bonchev–Trinajstić information content (AvgIpc) is 2.19. The lowest BCUT2D eigenvalue weighted by Gasteiger charge is -1.97. The summed E-state index contributed by atoms with van der Waals surface area (Å²) >= 11 is 0. The summed E-state index contributed by atoms with van der Waals surface area (Å²) in [6, 6.07) is 8.28. The van der Waals surface area contributed by atoms with Crippen molar-refractivity contribution in [1.82, 2.24) is 5.32 Å². The number of carbonyl (C=O) groups is 1. The van der Waals surface area contributed by atoms with Gasteiger partial charge >= 0.3 is 0 Å². The lowest BCUT2D eigenvalue weighted by molar-refractivity contribution is -0.105. The van der Waals surface area contributed by atoms with E-state index in [2.05, 4.69) is 24.5 Å². The van der Waals surface area contributed by atoms with E-state index in [1.165, 1.54) is 0 Å². The number of hydrogen-bond donors (Lipinski definition) is 2. The fourth-order valence-corrected chi connectivity index (χ4v) is 0.803. The summed E-state index contributed by atoms with van der Waals surface area (Å²) in [6.07, 6.45) is 0.675. The van der Waals surface area contributed by atoms with Crippen molar-refractivity contribution in [2.75, 3.05) is 12.4 Å². The third kappa shape index (κ3) is 7.70. The molecule has 0 unspecified atom stereocenters. The first kappa shape index (κ1) is 13.7. The normalized spacial score (nSPS) is 9.13. The molecule has 0 heterocycles. The van der Waals surface area contributed by atoms with E-state index in [1.807, 2.05) is 38.2 Å². The zero-order chi connectivity index (χ0) is 11.7. The monoisotopic (exact) mass is 208 g/mol. The molecule has 15 heavy (non-hydrogen) atoms. The van der Waals surface area contributed by atoms with Gasteiger partial charge in [0.2, 0.25) is 6.41 Å². The van der Waals surface area contributed by atoms with E-state index >= 15 is 0 Å². The Morgan fingerprint density at radius 1 is 1.33 bits per heavy atom. The van der Waals surface area contributed by atoms with Gasteiger partial charge in [-0.25, -0.2) is 0 Å². The molecule has 2 N–H and O–H groups in total. The molecule has 3 nitrogen and oxygen atoms in total. The largest absolute Gasteiger partial charge is 0.329 e. The molecule has 3 heteroatoms. The van der Waals surface area contributed by atoms with Crippen molar-refractivity contribution in [3.8, 4) is 0 Å². The molecule has 0 aliphatic heterocycles. The number of amides is 1. The number of nitrogens with one attached hydrogen (secondary N) is 2. The Kier molecular flexibility index (Phi) is 7.28. The van der Waals surface area contributed by atoms with Crippen LogP contribution in [0.2, 0.25) is 0 Å². The molecule has 0 atom stereocenters. The Bertz CT molecular complexity index is 285. The lowest BCUT2D eigenvalue weighted by atomic mass is 10.2. The molecule has 1 rings (SSSR count). The van der Waals surface area contributed by atoms with Crippen LogP contribution in [0.4, 0.5) is 5.69 Å². The van der Waals surface area contributed by atoms with Gasteiger partial charge in [-0.15, -0.1) is 0 Å². The van der Waals surface area contributed by atoms with Gasteiger partial charge in [0.1, 0.15) is 0 Å². The fraction of sp³-hybridized carbons (Fsp3) is 0.417. The van der Waals surface area contributed by atoms with Crippen molar-refractivity contribution in [3.05, 3.63) is 29.8 Å². The van der Waals surface area contributed by atoms with Crippen molar-refractivity contribution >= 4 is 12.1 Å². The van der Waals surface area contributed by atoms with Crippen molar-refractivity contribution in [3.63, 3.8) is 0 Å². The summed E-state index contributed by atoms with van der Waals surface area (Å²) in [4.78, 5) is 9.97. The first-order chi connectivity index (χ1) is 7.10. The van der Waals surface area contributed by atoms with Crippen LogP contribution in [0.25, 0.3) is 0 Å². The van der Waals surface area contributed by atoms with Crippen LogP contribution in [0.15, 0.2) is 24.3 Å². The zero-order valence-corrected chi connectivity index (χ0v) is 9.87. The van der Waals surface area contributed by atoms with Crippen molar-refractivity contribution in [1.29, 1.82) is 0 Å². The van der Waals surface area contributed by atoms with Gasteiger partial charge in [-0.1, -0.05) is 26.0 Å². The molecule has 0 radical (unpaired) electrons. The highest BCUT2D eigenvalue weighted by Gasteiger charge is 1.87. The van der Waals surface area contributed by atoms with Crippen LogP contribution in [-0.4, -0.2) is 19.5 Å². The second-order valence-electron chi connectivity index (χ2n) is 3.58. The third-order valence-electron chi connectivity index (χ3n) is 1.82. The number of aryl methyl sites for hydroxylation is 1. The standard InChI is InChI=1S/C8H9NO.C4H11N/c1-7-3-2-4-8(5-7)9-6-10;1-4(2)5-3/h2-6H,1H3,(H,9,10);4-5H,1-3H3. The molecule has 0 aliphatic carbocycles. The third-order valence-corrected chi connectivity index (χ3v) is 1.82. The molecule has 0 saturated heterocycles. The highest BCUT2D eigenvalue weighted by Crippen LogP contribution is 2.07. The van der Waals surface area contributed by atoms with E-state index in [0.717, 1.165) is 11.3 Å². The molecule has 1 aromatic carbocycles. The molecule has 0 fully saturated rings. The minimum atomic E-state index is 0.634. The highest BCUT2D eigenvalue weighted by atomic mass is 16.1. The van der Waals surface area contributed by atoms with Crippen LogP contribution in [0.3, 0.4) is 0 Å². The maximum Gasteiger partial charge on any atom is 0.211 e. The van der Waals surface area contributed by atoms with Gasteiger partial charge in [0.05, 0.1) is 0 Å². The Labute approximate surface area is 91.9 Å². The quantitative estimate of drug-likeness (QED) is 0.747. The molecule has 0 aromatic heterocycles. The Balaban J connectivity index is 0.000000336. The van der Waals surface area contributed by atoms with Gasteiger partial charge in [-0.05, 0) is 31.7 Å². The topological polar surface area (TPSA) is 41.1 Å². The van der Waals surface area contributed by atoms with Gasteiger partial charge in [0.15, 0.2) is 0 Å². The Hall–Kier alpha value is -1.35. The summed E-state index contributed by atoms with van der Waals surface area (Å²) in [6.45, 7) is 6.20. The van der Waals surface area contributed by atoms with Crippen LogP contribution in [0.5, 0.6) is 0 Å². The van der Waals surface area contributed by atoms with E-state index < -0.39 is 0 Å². The molecule has 84 valence electrons. The van der Waals surface area contributed by atoms with Gasteiger partial charge in [0, 0.05) is 11.7 Å². The maximum atomic E-state index is 9.97. The van der Waals surface area contributed by atoms with Crippen LogP contribution >= 0.6 is 0 Å². The summed E-state index contributed by atoms with van der Waals surface area (Å²) in [7, 11) is 1.95. The maximum absolute atomic E-state index is 9.97. The number of carbonyl (C=O) groups excluding carboxylic acids is 1. The smallest absolute Gasteiger partial charge is 0.211 e. The van der Waals surface area contributed by atoms with Crippen molar-refractivity contribution in [2.45, 2.75) is 26.8 Å². The molecule has 1 aromatic rings. The number of rotatable bonds is 3. The fourth-order valence-electron chi connectivity index (χ4n) is 0.803. The predicted molar refractivity (Wildman–Crippen MR) is 65.1 cm³/mol. The number of benzene rings is 1. The van der Waals surface area contributed by atoms with Gasteiger partial charge in [-0.3, -0.25) is 4.79 Å². The van der Waals surface area contributed by atoms with Gasteiger partial charge < -0.3 is 10.6 Å². The van der Waals surface area contributed by atoms with Crippen LogP contribution < -0.4 is 10.6 Å². The van der Waals surface area contributed by atoms with E-state index in [9.17, 15) is 4.79 Å². The second-order valence-corrected chi connectivity index (χ2v) is 3.58. The molecule has 0 saturated carbocycles. The minimum absolute atomic E-state index is 0.634. The highest BCUT2D eigenvalue weighted by molar-refractivity contribution is 5.71.